The Labute approximate surface area is 154 Å². The summed E-state index contributed by atoms with van der Waals surface area (Å²) < 4.78 is 23.1. The van der Waals surface area contributed by atoms with Gasteiger partial charge in [0.2, 0.25) is 5.91 Å². The van der Waals surface area contributed by atoms with Crippen molar-refractivity contribution in [1.82, 2.24) is 10.2 Å². The van der Waals surface area contributed by atoms with Crippen LogP contribution in [0.4, 0.5) is 0 Å². The van der Waals surface area contributed by atoms with Crippen LogP contribution >= 0.6 is 0 Å². The van der Waals surface area contributed by atoms with Crippen molar-refractivity contribution in [2.24, 2.45) is 0 Å². The van der Waals surface area contributed by atoms with Crippen molar-refractivity contribution >= 4 is 15.7 Å². The van der Waals surface area contributed by atoms with Gasteiger partial charge in [-0.3, -0.25) is 9.69 Å². The van der Waals surface area contributed by atoms with Crippen molar-refractivity contribution in [2.75, 3.05) is 25.1 Å². The number of nitrogens with one attached hydrogen (secondary N) is 1. The van der Waals surface area contributed by atoms with Crippen LogP contribution in [0.3, 0.4) is 0 Å². The van der Waals surface area contributed by atoms with E-state index in [4.69, 9.17) is 0 Å². The Morgan fingerprint density at radius 2 is 1.62 bits per heavy atom. The molecular weight excluding hydrogens is 348 g/mol. The molecule has 1 atom stereocenters. The van der Waals surface area contributed by atoms with Crippen molar-refractivity contribution in [3.63, 3.8) is 0 Å². The highest BCUT2D eigenvalue weighted by Crippen LogP contribution is 2.27. The van der Waals surface area contributed by atoms with E-state index in [0.717, 1.165) is 11.1 Å². The lowest BCUT2D eigenvalue weighted by atomic mass is 9.97. The highest BCUT2D eigenvalue weighted by molar-refractivity contribution is 7.91. The number of carbonyl (C=O) groups is 1. The lowest BCUT2D eigenvalue weighted by Crippen LogP contribution is -2.42. The maximum atomic E-state index is 12.4. The summed E-state index contributed by atoms with van der Waals surface area (Å²) >= 11 is 0. The summed E-state index contributed by atoms with van der Waals surface area (Å²) in [5.41, 5.74) is 2.22. The molecule has 2 aromatic carbocycles. The Hall–Kier alpha value is -2.18. The van der Waals surface area contributed by atoms with Gasteiger partial charge < -0.3 is 5.32 Å². The quantitative estimate of drug-likeness (QED) is 0.842. The topological polar surface area (TPSA) is 66.5 Å². The minimum atomic E-state index is -3.00. The van der Waals surface area contributed by atoms with Crippen LogP contribution in [-0.4, -0.2) is 50.4 Å². The minimum absolute atomic E-state index is 0.0449. The Kier molecular flexibility index (Phi) is 5.74. The van der Waals surface area contributed by atoms with E-state index in [1.54, 1.807) is 0 Å². The van der Waals surface area contributed by atoms with Crippen LogP contribution in [0.2, 0.25) is 0 Å². The van der Waals surface area contributed by atoms with E-state index in [9.17, 15) is 13.2 Å². The molecule has 138 valence electrons. The predicted molar refractivity (Wildman–Crippen MR) is 103 cm³/mol. The summed E-state index contributed by atoms with van der Waals surface area (Å²) in [6, 6.07) is 19.8. The van der Waals surface area contributed by atoms with Gasteiger partial charge in [0.25, 0.3) is 0 Å². The molecule has 1 saturated heterocycles. The van der Waals surface area contributed by atoms with Crippen LogP contribution in [0.1, 0.15) is 23.6 Å². The monoisotopic (exact) mass is 372 g/mol. The average molecular weight is 372 g/mol. The summed E-state index contributed by atoms with van der Waals surface area (Å²) in [6.07, 6.45) is 0.499. The van der Waals surface area contributed by atoms with E-state index in [1.165, 1.54) is 0 Å². The second kappa shape index (κ2) is 8.01. The van der Waals surface area contributed by atoms with Gasteiger partial charge in [0.15, 0.2) is 9.84 Å². The van der Waals surface area contributed by atoms with E-state index in [1.807, 2.05) is 48.3 Å². The number of hydrogen-bond donors (Lipinski definition) is 1. The second-order valence-corrected chi connectivity index (χ2v) is 9.04. The Bertz CT molecular complexity index is 798. The fourth-order valence-electron chi connectivity index (χ4n) is 3.47. The smallest absolute Gasteiger partial charge is 0.234 e. The fourth-order valence-corrected chi connectivity index (χ4v) is 5.15. The molecule has 6 heteroatoms. The van der Waals surface area contributed by atoms with Crippen LogP contribution in [-0.2, 0) is 14.6 Å². The van der Waals surface area contributed by atoms with E-state index in [-0.39, 0.29) is 36.0 Å². The molecule has 5 nitrogen and oxygen atoms in total. The molecule has 0 spiro atoms. The van der Waals surface area contributed by atoms with Gasteiger partial charge in [0.1, 0.15) is 0 Å². The molecule has 0 radical (unpaired) electrons. The lowest BCUT2D eigenvalue weighted by molar-refractivity contribution is -0.122. The zero-order chi connectivity index (χ0) is 18.6. The van der Waals surface area contributed by atoms with E-state index < -0.39 is 9.84 Å². The van der Waals surface area contributed by atoms with Gasteiger partial charge in [-0.15, -0.1) is 0 Å². The van der Waals surface area contributed by atoms with E-state index >= 15 is 0 Å². The average Bonchev–Trinajstić information content (AvgIpc) is 2.95. The molecule has 1 amide bonds. The first-order chi connectivity index (χ1) is 12.4. The van der Waals surface area contributed by atoms with Crippen LogP contribution in [0.25, 0.3) is 0 Å². The predicted octanol–water partition coefficient (Wildman–Crippen LogP) is 2.01. The van der Waals surface area contributed by atoms with Crippen LogP contribution in [0.5, 0.6) is 0 Å². The summed E-state index contributed by atoms with van der Waals surface area (Å²) in [4.78, 5) is 14.4. The summed E-state index contributed by atoms with van der Waals surface area (Å²) in [6.45, 7) is 0.199. The van der Waals surface area contributed by atoms with E-state index in [0.29, 0.717) is 6.42 Å². The van der Waals surface area contributed by atoms with Crippen LogP contribution in [0.15, 0.2) is 60.7 Å². The number of amides is 1. The number of sulfone groups is 1. The fraction of sp³-hybridized carbons (Fsp3) is 0.350. The molecule has 0 aliphatic carbocycles. The number of nitrogens with zero attached hydrogens (tertiary/aromatic N) is 1. The molecule has 0 aromatic heterocycles. The Morgan fingerprint density at radius 3 is 2.08 bits per heavy atom. The molecule has 2 aromatic rings. The third-order valence-corrected chi connectivity index (χ3v) is 6.43. The number of likely N-dealkylation sites (N-methyl/N-ethyl adjacent to an activating group) is 1. The number of carbonyl (C=O) groups excluding carboxylic acids is 1. The number of rotatable bonds is 6. The first-order valence-electron chi connectivity index (χ1n) is 8.74. The molecule has 0 unspecified atom stereocenters. The van der Waals surface area contributed by atoms with E-state index in [2.05, 4.69) is 29.6 Å². The molecule has 1 heterocycles. The molecule has 3 rings (SSSR count). The van der Waals surface area contributed by atoms with Gasteiger partial charge in [-0.25, -0.2) is 8.42 Å². The van der Waals surface area contributed by atoms with Crippen molar-refractivity contribution in [2.45, 2.75) is 18.5 Å². The van der Waals surface area contributed by atoms with Crippen LogP contribution in [0, 0.1) is 0 Å². The van der Waals surface area contributed by atoms with Crippen molar-refractivity contribution in [1.29, 1.82) is 0 Å². The third-order valence-electron chi connectivity index (χ3n) is 4.66. The van der Waals surface area contributed by atoms with Crippen molar-refractivity contribution < 1.29 is 13.2 Å². The molecule has 1 aliphatic heterocycles. The van der Waals surface area contributed by atoms with Gasteiger partial charge in [0.05, 0.1) is 24.1 Å². The second-order valence-electron chi connectivity index (χ2n) is 6.81. The van der Waals surface area contributed by atoms with Gasteiger partial charge >= 0.3 is 0 Å². The summed E-state index contributed by atoms with van der Waals surface area (Å²) in [5.74, 6) is 0.0553. The first-order valence-corrected chi connectivity index (χ1v) is 10.6. The number of benzene rings is 2. The Balaban J connectivity index is 1.72. The van der Waals surface area contributed by atoms with Gasteiger partial charge in [-0.05, 0) is 24.6 Å². The summed E-state index contributed by atoms with van der Waals surface area (Å²) in [7, 11) is -1.09. The third kappa shape index (κ3) is 4.71. The summed E-state index contributed by atoms with van der Waals surface area (Å²) in [5, 5.41) is 2.86. The molecule has 1 aliphatic rings. The van der Waals surface area contributed by atoms with Gasteiger partial charge in [-0.2, -0.15) is 0 Å². The van der Waals surface area contributed by atoms with Crippen LogP contribution < -0.4 is 5.32 Å². The SMILES string of the molecule is CN(CC(=O)N[C@@H]1CCS(=O)(=O)C1)C(c1ccccc1)c1ccccc1. The highest BCUT2D eigenvalue weighted by Gasteiger charge is 2.29. The first kappa shape index (κ1) is 18.6. The van der Waals surface area contributed by atoms with Crippen molar-refractivity contribution in [3.05, 3.63) is 71.8 Å². The number of hydrogen-bond acceptors (Lipinski definition) is 4. The maximum absolute atomic E-state index is 12.4. The molecule has 0 bridgehead atoms. The molecule has 1 fully saturated rings. The largest absolute Gasteiger partial charge is 0.351 e. The van der Waals surface area contributed by atoms with Crippen molar-refractivity contribution in [3.8, 4) is 0 Å². The molecule has 0 saturated carbocycles. The zero-order valence-electron chi connectivity index (χ0n) is 14.8. The maximum Gasteiger partial charge on any atom is 0.234 e. The van der Waals surface area contributed by atoms with Gasteiger partial charge in [-0.1, -0.05) is 60.7 Å². The van der Waals surface area contributed by atoms with Gasteiger partial charge in [0, 0.05) is 6.04 Å². The molecular formula is C20H24N2O3S. The Morgan fingerprint density at radius 1 is 1.08 bits per heavy atom. The standard InChI is InChI=1S/C20H24N2O3S/c1-22(14-19(23)21-18-12-13-26(24,25)15-18)20(16-8-4-2-5-9-16)17-10-6-3-7-11-17/h2-11,18,20H,12-15H2,1H3,(H,21,23)/t18-/m1/s1. The zero-order valence-corrected chi connectivity index (χ0v) is 15.7. The minimum Gasteiger partial charge on any atom is -0.351 e. The molecule has 26 heavy (non-hydrogen) atoms. The lowest BCUT2D eigenvalue weighted by Gasteiger charge is -2.29. The molecule has 1 N–H and O–H groups in total. The highest BCUT2D eigenvalue weighted by atomic mass is 32.2. The normalized spacial score (nSPS) is 19.0.